The van der Waals surface area contributed by atoms with Gasteiger partial charge in [-0.3, -0.25) is 0 Å². The van der Waals surface area contributed by atoms with E-state index < -0.39 is 0 Å². The Labute approximate surface area is 93.4 Å². The second-order valence-electron chi connectivity index (χ2n) is 4.51. The van der Waals surface area contributed by atoms with Gasteiger partial charge in [0.1, 0.15) is 0 Å². The van der Waals surface area contributed by atoms with Gasteiger partial charge in [0.05, 0.1) is 0 Å². The van der Waals surface area contributed by atoms with E-state index in [-0.39, 0.29) is 6.03 Å². The van der Waals surface area contributed by atoms with E-state index in [2.05, 4.69) is 13.8 Å². The molecule has 1 fully saturated rings. The molecule has 0 N–H and O–H groups in total. The lowest BCUT2D eigenvalue weighted by molar-refractivity contribution is 0.101. The number of urea groups is 1. The molecular formula is C12H24N2O. The van der Waals surface area contributed by atoms with Crippen molar-refractivity contribution < 1.29 is 4.79 Å². The van der Waals surface area contributed by atoms with Crippen LogP contribution in [0.1, 0.15) is 40.5 Å². The molecule has 0 spiro atoms. The van der Waals surface area contributed by atoms with Crippen LogP contribution in [0.2, 0.25) is 0 Å². The molecule has 2 atom stereocenters. The highest BCUT2D eigenvalue weighted by atomic mass is 16.2. The smallest absolute Gasteiger partial charge is 0.320 e. The molecule has 1 heterocycles. The van der Waals surface area contributed by atoms with E-state index in [1.54, 1.807) is 0 Å². The molecule has 0 aromatic rings. The topological polar surface area (TPSA) is 23.6 Å². The third-order valence-electron chi connectivity index (χ3n) is 3.65. The van der Waals surface area contributed by atoms with Crippen molar-refractivity contribution in [2.24, 2.45) is 5.92 Å². The van der Waals surface area contributed by atoms with Crippen molar-refractivity contribution in [1.29, 1.82) is 0 Å². The van der Waals surface area contributed by atoms with Gasteiger partial charge in [-0.05, 0) is 39.5 Å². The van der Waals surface area contributed by atoms with Gasteiger partial charge in [-0.1, -0.05) is 6.92 Å². The molecular weight excluding hydrogens is 188 g/mol. The molecule has 1 aliphatic heterocycles. The van der Waals surface area contributed by atoms with Gasteiger partial charge in [0.15, 0.2) is 0 Å². The number of hydrogen-bond donors (Lipinski definition) is 0. The maximum atomic E-state index is 12.2. The van der Waals surface area contributed by atoms with Gasteiger partial charge in [0, 0.05) is 25.7 Å². The van der Waals surface area contributed by atoms with Gasteiger partial charge in [0.2, 0.25) is 0 Å². The molecule has 0 aromatic heterocycles. The fourth-order valence-electron chi connectivity index (χ4n) is 2.28. The van der Waals surface area contributed by atoms with Crippen LogP contribution in [-0.2, 0) is 0 Å². The molecule has 15 heavy (non-hydrogen) atoms. The van der Waals surface area contributed by atoms with Crippen molar-refractivity contribution in [2.75, 3.05) is 19.6 Å². The summed E-state index contributed by atoms with van der Waals surface area (Å²) in [4.78, 5) is 16.1. The number of rotatable bonds is 2. The van der Waals surface area contributed by atoms with Crippen LogP contribution >= 0.6 is 0 Å². The van der Waals surface area contributed by atoms with Crippen molar-refractivity contribution in [1.82, 2.24) is 9.80 Å². The van der Waals surface area contributed by atoms with Gasteiger partial charge >= 0.3 is 6.03 Å². The third-order valence-corrected chi connectivity index (χ3v) is 3.65. The van der Waals surface area contributed by atoms with Gasteiger partial charge in [-0.15, -0.1) is 0 Å². The molecule has 0 radical (unpaired) electrons. The number of hydrogen-bond acceptors (Lipinski definition) is 1. The Kier molecular flexibility index (Phi) is 4.43. The van der Waals surface area contributed by atoms with Crippen molar-refractivity contribution in [3.63, 3.8) is 0 Å². The average Bonchev–Trinajstić information content (AvgIpc) is 2.23. The third kappa shape index (κ3) is 2.64. The minimum absolute atomic E-state index is 0.221. The zero-order chi connectivity index (χ0) is 11.4. The van der Waals surface area contributed by atoms with Gasteiger partial charge in [-0.2, -0.15) is 0 Å². The number of piperidine rings is 1. The monoisotopic (exact) mass is 212 g/mol. The molecule has 1 aliphatic rings. The number of likely N-dealkylation sites (tertiary alicyclic amines) is 1. The first-order valence-corrected chi connectivity index (χ1v) is 6.17. The molecule has 3 nitrogen and oxygen atoms in total. The van der Waals surface area contributed by atoms with Crippen LogP contribution in [0.5, 0.6) is 0 Å². The lowest BCUT2D eigenvalue weighted by Gasteiger charge is -2.40. The molecule has 3 heteroatoms. The van der Waals surface area contributed by atoms with Gasteiger partial charge in [0.25, 0.3) is 0 Å². The van der Waals surface area contributed by atoms with Gasteiger partial charge in [-0.25, -0.2) is 4.79 Å². The number of carbonyl (C=O) groups excluding carboxylic acids is 1. The predicted octanol–water partition coefficient (Wildman–Crippen LogP) is 2.57. The minimum Gasteiger partial charge on any atom is -0.325 e. The summed E-state index contributed by atoms with van der Waals surface area (Å²) in [5.41, 5.74) is 0. The quantitative estimate of drug-likeness (QED) is 0.690. The number of amides is 2. The zero-order valence-electron chi connectivity index (χ0n) is 10.5. The SMILES string of the molecule is CCN(CC)C(=O)N1CCCC(C)C1C. The molecule has 88 valence electrons. The Bertz CT molecular complexity index is 214. The summed E-state index contributed by atoms with van der Waals surface area (Å²) >= 11 is 0. The van der Waals surface area contributed by atoms with E-state index in [1.165, 1.54) is 6.42 Å². The molecule has 2 unspecified atom stereocenters. The summed E-state index contributed by atoms with van der Waals surface area (Å²) < 4.78 is 0. The normalized spacial score (nSPS) is 26.5. The molecule has 2 amide bonds. The van der Waals surface area contributed by atoms with Gasteiger partial charge < -0.3 is 9.80 Å². The van der Waals surface area contributed by atoms with Crippen LogP contribution in [-0.4, -0.2) is 41.5 Å². The van der Waals surface area contributed by atoms with E-state index in [1.807, 2.05) is 23.6 Å². The van der Waals surface area contributed by atoms with E-state index in [0.29, 0.717) is 12.0 Å². The fourth-order valence-corrected chi connectivity index (χ4v) is 2.28. The maximum absolute atomic E-state index is 12.2. The highest BCUT2D eigenvalue weighted by Crippen LogP contribution is 2.23. The molecule has 0 aromatic carbocycles. The van der Waals surface area contributed by atoms with Crippen LogP contribution in [0.25, 0.3) is 0 Å². The highest BCUT2D eigenvalue weighted by Gasteiger charge is 2.30. The summed E-state index contributed by atoms with van der Waals surface area (Å²) in [7, 11) is 0. The predicted molar refractivity (Wildman–Crippen MR) is 62.9 cm³/mol. The average molecular weight is 212 g/mol. The summed E-state index contributed by atoms with van der Waals surface area (Å²) in [5, 5.41) is 0. The standard InChI is InChI=1S/C12H24N2O/c1-5-13(6-2)12(15)14-9-7-8-10(3)11(14)4/h10-11H,5-9H2,1-4H3. The van der Waals surface area contributed by atoms with E-state index in [0.717, 1.165) is 26.1 Å². The first-order chi connectivity index (χ1) is 7.11. The van der Waals surface area contributed by atoms with E-state index in [4.69, 9.17) is 0 Å². The lowest BCUT2D eigenvalue weighted by Crippen LogP contribution is -2.51. The highest BCUT2D eigenvalue weighted by molar-refractivity contribution is 5.74. The summed E-state index contributed by atoms with van der Waals surface area (Å²) in [5.74, 6) is 0.637. The van der Waals surface area contributed by atoms with E-state index in [9.17, 15) is 4.79 Å². The zero-order valence-corrected chi connectivity index (χ0v) is 10.5. The Balaban J connectivity index is 2.65. The van der Waals surface area contributed by atoms with Crippen LogP contribution in [0.3, 0.4) is 0 Å². The Morgan fingerprint density at radius 2 is 1.93 bits per heavy atom. The van der Waals surface area contributed by atoms with Crippen molar-refractivity contribution in [3.8, 4) is 0 Å². The van der Waals surface area contributed by atoms with Crippen molar-refractivity contribution in [2.45, 2.75) is 46.6 Å². The molecule has 0 saturated carbocycles. The first-order valence-electron chi connectivity index (χ1n) is 6.17. The number of nitrogens with zero attached hydrogens (tertiary/aromatic N) is 2. The molecule has 0 aliphatic carbocycles. The number of carbonyl (C=O) groups is 1. The first kappa shape index (κ1) is 12.3. The second-order valence-corrected chi connectivity index (χ2v) is 4.51. The van der Waals surface area contributed by atoms with Crippen LogP contribution in [0, 0.1) is 5.92 Å². The molecule has 1 saturated heterocycles. The molecule has 0 bridgehead atoms. The Morgan fingerprint density at radius 1 is 1.33 bits per heavy atom. The maximum Gasteiger partial charge on any atom is 0.320 e. The minimum atomic E-state index is 0.221. The van der Waals surface area contributed by atoms with Crippen LogP contribution in [0.4, 0.5) is 4.79 Å². The fraction of sp³-hybridized carbons (Fsp3) is 0.917. The second kappa shape index (κ2) is 5.38. The Hall–Kier alpha value is -0.730. The van der Waals surface area contributed by atoms with Crippen molar-refractivity contribution >= 4 is 6.03 Å². The summed E-state index contributed by atoms with van der Waals surface area (Å²) in [6.45, 7) is 11.1. The van der Waals surface area contributed by atoms with Crippen LogP contribution in [0.15, 0.2) is 0 Å². The Morgan fingerprint density at radius 3 is 2.47 bits per heavy atom. The van der Waals surface area contributed by atoms with Crippen LogP contribution < -0.4 is 0 Å². The van der Waals surface area contributed by atoms with Crippen molar-refractivity contribution in [3.05, 3.63) is 0 Å². The van der Waals surface area contributed by atoms with E-state index >= 15 is 0 Å². The summed E-state index contributed by atoms with van der Waals surface area (Å²) in [6, 6.07) is 0.617. The molecule has 1 rings (SSSR count). The lowest BCUT2D eigenvalue weighted by atomic mass is 9.92. The largest absolute Gasteiger partial charge is 0.325 e. The summed E-state index contributed by atoms with van der Waals surface area (Å²) in [6.07, 6.45) is 2.40.